The van der Waals surface area contributed by atoms with Crippen LogP contribution < -0.4 is 5.43 Å². The molecule has 0 bridgehead atoms. The molecule has 1 aromatic carbocycles. The molecule has 0 saturated heterocycles. The summed E-state index contributed by atoms with van der Waals surface area (Å²) >= 11 is 6.06. The first kappa shape index (κ1) is 13.8. The van der Waals surface area contributed by atoms with Crippen LogP contribution >= 0.6 is 11.6 Å². The summed E-state index contributed by atoms with van der Waals surface area (Å²) in [6, 6.07) is 7.63. The van der Waals surface area contributed by atoms with E-state index in [1.165, 1.54) is 0 Å². The number of nitrogens with one attached hydrogen (secondary N) is 1. The standard InChI is InChI=1S/C15H17ClN2O/c1-4-13-15(11-6-5-7-12(16)8-11)14(10(3)19)9(2)17-18-13/h5-8,15,17H,4H2,1-3H3. The third kappa shape index (κ3) is 2.71. The number of hydrazone groups is 1. The summed E-state index contributed by atoms with van der Waals surface area (Å²) in [5, 5.41) is 5.04. The van der Waals surface area contributed by atoms with Gasteiger partial charge in [0.05, 0.1) is 5.92 Å². The third-order valence-electron chi connectivity index (χ3n) is 3.32. The highest BCUT2D eigenvalue weighted by Crippen LogP contribution is 2.33. The van der Waals surface area contributed by atoms with Crippen LogP contribution in [-0.4, -0.2) is 11.5 Å². The third-order valence-corrected chi connectivity index (χ3v) is 3.55. The zero-order chi connectivity index (χ0) is 14.0. The van der Waals surface area contributed by atoms with Crippen molar-refractivity contribution < 1.29 is 4.79 Å². The predicted octanol–water partition coefficient (Wildman–Crippen LogP) is 3.66. The fourth-order valence-corrected chi connectivity index (χ4v) is 2.66. The van der Waals surface area contributed by atoms with Crippen molar-refractivity contribution in [3.05, 3.63) is 46.1 Å². The van der Waals surface area contributed by atoms with E-state index in [9.17, 15) is 4.79 Å². The highest BCUT2D eigenvalue weighted by atomic mass is 35.5. The molecular weight excluding hydrogens is 260 g/mol. The van der Waals surface area contributed by atoms with Crippen molar-refractivity contribution in [2.24, 2.45) is 5.10 Å². The van der Waals surface area contributed by atoms with Crippen LogP contribution in [0, 0.1) is 0 Å². The van der Waals surface area contributed by atoms with Gasteiger partial charge >= 0.3 is 0 Å². The van der Waals surface area contributed by atoms with E-state index in [2.05, 4.69) is 10.5 Å². The van der Waals surface area contributed by atoms with Gasteiger partial charge in [-0.05, 0) is 38.0 Å². The minimum atomic E-state index is -0.0950. The second-order valence-electron chi connectivity index (χ2n) is 4.65. The van der Waals surface area contributed by atoms with Crippen LogP contribution in [0.1, 0.15) is 38.7 Å². The first-order valence-corrected chi connectivity index (χ1v) is 6.72. The molecule has 2 rings (SSSR count). The molecule has 0 aromatic heterocycles. The van der Waals surface area contributed by atoms with Crippen LogP contribution in [-0.2, 0) is 4.79 Å². The number of Topliss-reactive ketones (excluding diaryl/α,β-unsaturated/α-hetero) is 1. The lowest BCUT2D eigenvalue weighted by Gasteiger charge is -2.27. The van der Waals surface area contributed by atoms with Gasteiger partial charge in [-0.15, -0.1) is 0 Å². The van der Waals surface area contributed by atoms with Gasteiger partial charge in [0.2, 0.25) is 0 Å². The number of ketones is 1. The number of allylic oxidation sites excluding steroid dienone is 2. The summed E-state index contributed by atoms with van der Waals surface area (Å²) in [6.07, 6.45) is 0.786. The fraction of sp³-hybridized carbons (Fsp3) is 0.333. The normalized spacial score (nSPS) is 18.9. The number of halogens is 1. The average Bonchev–Trinajstić information content (AvgIpc) is 2.37. The zero-order valence-corrected chi connectivity index (χ0v) is 12.1. The molecular formula is C15H17ClN2O. The Morgan fingerprint density at radius 2 is 2.21 bits per heavy atom. The van der Waals surface area contributed by atoms with Crippen molar-refractivity contribution >= 4 is 23.1 Å². The molecule has 1 aromatic rings. The molecule has 1 unspecified atom stereocenters. The maximum Gasteiger partial charge on any atom is 0.158 e. The number of carbonyl (C=O) groups is 1. The number of rotatable bonds is 3. The van der Waals surface area contributed by atoms with Gasteiger partial charge in [-0.2, -0.15) is 5.10 Å². The first-order valence-electron chi connectivity index (χ1n) is 6.34. The quantitative estimate of drug-likeness (QED) is 0.915. The Balaban J connectivity index is 2.56. The van der Waals surface area contributed by atoms with E-state index < -0.39 is 0 Å². The molecule has 1 aliphatic heterocycles. The van der Waals surface area contributed by atoms with Gasteiger partial charge in [-0.1, -0.05) is 30.7 Å². The minimum absolute atomic E-state index is 0.0656. The molecule has 0 spiro atoms. The summed E-state index contributed by atoms with van der Waals surface area (Å²) in [5.41, 5.74) is 6.50. The van der Waals surface area contributed by atoms with E-state index in [1.54, 1.807) is 6.92 Å². The zero-order valence-electron chi connectivity index (χ0n) is 11.3. The lowest BCUT2D eigenvalue weighted by atomic mass is 9.82. The summed E-state index contributed by atoms with van der Waals surface area (Å²) in [4.78, 5) is 12.0. The van der Waals surface area contributed by atoms with Crippen LogP contribution in [0.2, 0.25) is 5.02 Å². The number of carbonyl (C=O) groups excluding carboxylic acids is 1. The van der Waals surface area contributed by atoms with Crippen molar-refractivity contribution in [1.82, 2.24) is 5.43 Å². The number of nitrogens with zero attached hydrogens (tertiary/aromatic N) is 1. The average molecular weight is 277 g/mol. The Morgan fingerprint density at radius 1 is 1.47 bits per heavy atom. The van der Waals surface area contributed by atoms with Crippen molar-refractivity contribution in [2.45, 2.75) is 33.1 Å². The number of hydrogen-bond acceptors (Lipinski definition) is 3. The molecule has 0 amide bonds. The molecule has 1 N–H and O–H groups in total. The van der Waals surface area contributed by atoms with Crippen LogP contribution in [0.4, 0.5) is 0 Å². The van der Waals surface area contributed by atoms with Crippen LogP contribution in [0.25, 0.3) is 0 Å². The minimum Gasteiger partial charge on any atom is -0.295 e. The Kier molecular flexibility index (Phi) is 4.05. The molecule has 0 fully saturated rings. The van der Waals surface area contributed by atoms with Crippen molar-refractivity contribution in [3.8, 4) is 0 Å². The molecule has 1 aliphatic rings. The Morgan fingerprint density at radius 3 is 2.79 bits per heavy atom. The molecule has 100 valence electrons. The lowest BCUT2D eigenvalue weighted by Crippen LogP contribution is -2.28. The van der Waals surface area contributed by atoms with E-state index >= 15 is 0 Å². The molecule has 1 atom stereocenters. The highest BCUT2D eigenvalue weighted by Gasteiger charge is 2.29. The smallest absolute Gasteiger partial charge is 0.158 e. The maximum atomic E-state index is 12.0. The second kappa shape index (κ2) is 5.57. The van der Waals surface area contributed by atoms with E-state index in [1.807, 2.05) is 38.1 Å². The monoisotopic (exact) mass is 276 g/mol. The van der Waals surface area contributed by atoms with Gasteiger partial charge in [0.1, 0.15) is 0 Å². The molecule has 0 radical (unpaired) electrons. The van der Waals surface area contributed by atoms with Gasteiger partial charge in [0.15, 0.2) is 5.78 Å². The Hall–Kier alpha value is -1.61. The topological polar surface area (TPSA) is 41.5 Å². The summed E-state index contributed by atoms with van der Waals surface area (Å²) in [5.74, 6) is -0.0294. The van der Waals surface area contributed by atoms with Crippen molar-refractivity contribution in [1.29, 1.82) is 0 Å². The van der Waals surface area contributed by atoms with Gasteiger partial charge in [-0.25, -0.2) is 0 Å². The number of hydrogen-bond donors (Lipinski definition) is 1. The molecule has 3 nitrogen and oxygen atoms in total. The second-order valence-corrected chi connectivity index (χ2v) is 5.09. The number of benzene rings is 1. The van der Waals surface area contributed by atoms with Crippen LogP contribution in [0.3, 0.4) is 0 Å². The van der Waals surface area contributed by atoms with Crippen molar-refractivity contribution in [2.75, 3.05) is 0 Å². The van der Waals surface area contributed by atoms with E-state index in [-0.39, 0.29) is 11.7 Å². The fourth-order valence-electron chi connectivity index (χ4n) is 2.46. The van der Waals surface area contributed by atoms with Crippen molar-refractivity contribution in [3.63, 3.8) is 0 Å². The van der Waals surface area contributed by atoms with E-state index in [0.717, 1.165) is 29.0 Å². The summed E-state index contributed by atoms with van der Waals surface area (Å²) in [6.45, 7) is 5.51. The highest BCUT2D eigenvalue weighted by molar-refractivity contribution is 6.30. The van der Waals surface area contributed by atoms with Gasteiger partial charge in [-0.3, -0.25) is 10.2 Å². The van der Waals surface area contributed by atoms with Crippen LogP contribution in [0.5, 0.6) is 0 Å². The maximum absolute atomic E-state index is 12.0. The van der Waals surface area contributed by atoms with Gasteiger partial charge in [0.25, 0.3) is 0 Å². The van der Waals surface area contributed by atoms with Gasteiger partial charge in [0, 0.05) is 22.0 Å². The Bertz CT molecular complexity index is 575. The van der Waals surface area contributed by atoms with E-state index in [0.29, 0.717) is 5.02 Å². The SMILES string of the molecule is CCC1=NNC(C)=C(C(C)=O)C1c1cccc(Cl)c1. The summed E-state index contributed by atoms with van der Waals surface area (Å²) < 4.78 is 0. The molecule has 0 aliphatic carbocycles. The van der Waals surface area contributed by atoms with E-state index in [4.69, 9.17) is 11.6 Å². The largest absolute Gasteiger partial charge is 0.295 e. The molecule has 0 saturated carbocycles. The predicted molar refractivity (Wildman–Crippen MR) is 78.4 cm³/mol. The molecule has 4 heteroatoms. The van der Waals surface area contributed by atoms with Crippen LogP contribution in [0.15, 0.2) is 40.6 Å². The Labute approximate surface area is 118 Å². The summed E-state index contributed by atoms with van der Waals surface area (Å²) in [7, 11) is 0. The first-order chi connectivity index (χ1) is 9.04. The molecule has 19 heavy (non-hydrogen) atoms. The lowest BCUT2D eigenvalue weighted by molar-refractivity contribution is -0.113. The molecule has 1 heterocycles. The van der Waals surface area contributed by atoms with Gasteiger partial charge < -0.3 is 0 Å².